The molecule has 2 aromatic rings. The molecule has 0 atom stereocenters. The highest BCUT2D eigenvalue weighted by Crippen LogP contribution is 2.30. The van der Waals surface area contributed by atoms with Crippen LogP contribution in [0.5, 0.6) is 0 Å². The van der Waals surface area contributed by atoms with Crippen LogP contribution in [0.4, 0.5) is 21.8 Å². The van der Waals surface area contributed by atoms with E-state index < -0.39 is 10.0 Å². The standard InChI is InChI=1S/C21H29FN6O2S/c1-4-31(29,30)28-10-9-18-16(15-28)20(25(2)3)24-21(23-18)27-13-11-26(12-14-27)19-8-6-5-7-17(19)22/h5-8H,4,9-15H2,1-3H3. The third-order valence-electron chi connectivity index (χ3n) is 5.93. The maximum Gasteiger partial charge on any atom is 0.227 e. The first-order chi connectivity index (χ1) is 14.8. The minimum atomic E-state index is -3.26. The average Bonchev–Trinajstić information content (AvgIpc) is 2.78. The van der Waals surface area contributed by atoms with Gasteiger partial charge < -0.3 is 14.7 Å². The Bertz CT molecular complexity index is 1050. The average molecular weight is 449 g/mol. The van der Waals surface area contributed by atoms with E-state index >= 15 is 0 Å². The van der Waals surface area contributed by atoms with Crippen LogP contribution >= 0.6 is 0 Å². The first kappa shape index (κ1) is 21.8. The molecule has 2 aliphatic heterocycles. The molecule has 0 N–H and O–H groups in total. The normalized spacial score (nSPS) is 17.5. The fraction of sp³-hybridized carbons (Fsp3) is 0.524. The predicted molar refractivity (Wildman–Crippen MR) is 121 cm³/mol. The van der Waals surface area contributed by atoms with Gasteiger partial charge in [0.2, 0.25) is 16.0 Å². The second-order valence-corrected chi connectivity index (χ2v) is 10.3. The third kappa shape index (κ3) is 4.31. The van der Waals surface area contributed by atoms with Crippen LogP contribution in [-0.2, 0) is 23.0 Å². The van der Waals surface area contributed by atoms with Gasteiger partial charge in [0.25, 0.3) is 0 Å². The van der Waals surface area contributed by atoms with Gasteiger partial charge >= 0.3 is 0 Å². The number of para-hydroxylation sites is 1. The molecule has 1 saturated heterocycles. The molecule has 31 heavy (non-hydrogen) atoms. The predicted octanol–water partition coefficient (Wildman–Crippen LogP) is 1.72. The van der Waals surface area contributed by atoms with E-state index in [2.05, 4.69) is 4.90 Å². The Morgan fingerprint density at radius 3 is 2.35 bits per heavy atom. The van der Waals surface area contributed by atoms with Crippen molar-refractivity contribution in [1.29, 1.82) is 0 Å². The monoisotopic (exact) mass is 448 g/mol. The topological polar surface area (TPSA) is 72.9 Å². The lowest BCUT2D eigenvalue weighted by molar-refractivity contribution is 0.387. The molecule has 1 fully saturated rings. The van der Waals surface area contributed by atoms with Crippen LogP contribution in [0.2, 0.25) is 0 Å². The summed E-state index contributed by atoms with van der Waals surface area (Å²) in [6, 6.07) is 6.84. The van der Waals surface area contributed by atoms with Gasteiger partial charge in [0.15, 0.2) is 0 Å². The van der Waals surface area contributed by atoms with Gasteiger partial charge in [-0.3, -0.25) is 0 Å². The van der Waals surface area contributed by atoms with Crippen LogP contribution in [0.3, 0.4) is 0 Å². The lowest BCUT2D eigenvalue weighted by Gasteiger charge is -2.37. The summed E-state index contributed by atoms with van der Waals surface area (Å²) in [7, 11) is 0.565. The number of rotatable bonds is 5. The molecule has 0 amide bonds. The van der Waals surface area contributed by atoms with Gasteiger partial charge in [0.1, 0.15) is 11.6 Å². The van der Waals surface area contributed by atoms with Gasteiger partial charge in [-0.2, -0.15) is 9.29 Å². The summed E-state index contributed by atoms with van der Waals surface area (Å²) < 4.78 is 40.4. The molecule has 1 aromatic carbocycles. The quantitative estimate of drug-likeness (QED) is 0.690. The second-order valence-electron chi connectivity index (χ2n) is 8.08. The molecule has 168 valence electrons. The Labute approximate surface area is 183 Å². The minimum Gasteiger partial charge on any atom is -0.366 e. The molecule has 1 aromatic heterocycles. The molecule has 0 unspecified atom stereocenters. The van der Waals surface area contributed by atoms with Crippen molar-refractivity contribution >= 4 is 27.5 Å². The van der Waals surface area contributed by atoms with Crippen molar-refractivity contribution in [1.82, 2.24) is 14.3 Å². The number of benzene rings is 1. The fourth-order valence-corrected chi connectivity index (χ4v) is 5.21. The lowest BCUT2D eigenvalue weighted by Crippen LogP contribution is -2.47. The zero-order valence-electron chi connectivity index (χ0n) is 18.3. The molecule has 0 bridgehead atoms. The molecule has 10 heteroatoms. The van der Waals surface area contributed by atoms with E-state index in [1.54, 1.807) is 19.1 Å². The van der Waals surface area contributed by atoms with Crippen LogP contribution in [0.25, 0.3) is 0 Å². The van der Waals surface area contributed by atoms with E-state index in [0.29, 0.717) is 57.3 Å². The number of hydrogen-bond acceptors (Lipinski definition) is 7. The van der Waals surface area contributed by atoms with Crippen molar-refractivity contribution in [3.63, 3.8) is 0 Å². The zero-order chi connectivity index (χ0) is 22.2. The maximum atomic E-state index is 14.1. The van der Waals surface area contributed by atoms with Crippen LogP contribution in [0.15, 0.2) is 24.3 Å². The lowest BCUT2D eigenvalue weighted by atomic mass is 10.1. The van der Waals surface area contributed by atoms with Crippen molar-refractivity contribution in [2.24, 2.45) is 0 Å². The van der Waals surface area contributed by atoms with Gasteiger partial charge in [-0.1, -0.05) is 12.1 Å². The highest BCUT2D eigenvalue weighted by Gasteiger charge is 2.31. The number of piperazine rings is 1. The third-order valence-corrected chi connectivity index (χ3v) is 7.76. The second kappa shape index (κ2) is 8.58. The number of fused-ring (bicyclic) bond motifs is 1. The van der Waals surface area contributed by atoms with E-state index in [4.69, 9.17) is 9.97 Å². The van der Waals surface area contributed by atoms with Gasteiger partial charge in [0, 0.05) is 65.3 Å². The summed E-state index contributed by atoms with van der Waals surface area (Å²) in [5.41, 5.74) is 2.41. The Morgan fingerprint density at radius 1 is 1.03 bits per heavy atom. The minimum absolute atomic E-state index is 0.0882. The van der Waals surface area contributed by atoms with E-state index in [9.17, 15) is 12.8 Å². The number of hydrogen-bond donors (Lipinski definition) is 0. The summed E-state index contributed by atoms with van der Waals surface area (Å²) in [5.74, 6) is 1.29. The number of aromatic nitrogens is 2. The van der Waals surface area contributed by atoms with Gasteiger partial charge in [-0.05, 0) is 19.1 Å². The Hall–Kier alpha value is -2.46. The van der Waals surface area contributed by atoms with Crippen LogP contribution in [0.1, 0.15) is 18.2 Å². The van der Waals surface area contributed by atoms with Gasteiger partial charge in [-0.15, -0.1) is 0 Å². The molecule has 8 nitrogen and oxygen atoms in total. The first-order valence-electron chi connectivity index (χ1n) is 10.6. The van der Waals surface area contributed by atoms with Gasteiger partial charge in [0.05, 0.1) is 17.1 Å². The zero-order valence-corrected chi connectivity index (χ0v) is 19.1. The van der Waals surface area contributed by atoms with Crippen molar-refractivity contribution < 1.29 is 12.8 Å². The highest BCUT2D eigenvalue weighted by molar-refractivity contribution is 7.89. The van der Waals surface area contributed by atoms with Gasteiger partial charge in [-0.25, -0.2) is 17.8 Å². The number of sulfonamides is 1. The summed E-state index contributed by atoms with van der Waals surface area (Å²) >= 11 is 0. The molecule has 0 radical (unpaired) electrons. The van der Waals surface area contributed by atoms with Crippen molar-refractivity contribution in [3.8, 4) is 0 Å². The molecule has 0 aliphatic carbocycles. The van der Waals surface area contributed by atoms with Crippen LogP contribution in [-0.4, -0.2) is 75.3 Å². The molecule has 3 heterocycles. The molecule has 0 saturated carbocycles. The largest absolute Gasteiger partial charge is 0.366 e. The Morgan fingerprint density at radius 2 is 1.71 bits per heavy atom. The smallest absolute Gasteiger partial charge is 0.227 e. The highest BCUT2D eigenvalue weighted by atomic mass is 32.2. The first-order valence-corrected chi connectivity index (χ1v) is 12.2. The van der Waals surface area contributed by atoms with E-state index in [-0.39, 0.29) is 11.6 Å². The molecule has 0 spiro atoms. The summed E-state index contributed by atoms with van der Waals surface area (Å²) in [5, 5.41) is 0. The van der Waals surface area contributed by atoms with E-state index in [1.807, 2.05) is 30.0 Å². The van der Waals surface area contributed by atoms with Crippen molar-refractivity contribution in [3.05, 3.63) is 41.3 Å². The molecule has 2 aliphatic rings. The SMILES string of the molecule is CCS(=O)(=O)N1CCc2nc(N3CCN(c4ccccc4F)CC3)nc(N(C)C)c2C1. The summed E-state index contributed by atoms with van der Waals surface area (Å²) in [6.07, 6.45) is 0.570. The number of halogens is 1. The maximum absolute atomic E-state index is 14.1. The summed E-state index contributed by atoms with van der Waals surface area (Å²) in [4.78, 5) is 15.7. The Kier molecular flexibility index (Phi) is 6.02. The number of anilines is 3. The molecular formula is C21H29FN6O2S. The number of nitrogens with zero attached hydrogens (tertiary/aromatic N) is 6. The molecule has 4 rings (SSSR count). The van der Waals surface area contributed by atoms with E-state index in [0.717, 1.165) is 17.1 Å². The Balaban J connectivity index is 1.56. The van der Waals surface area contributed by atoms with Crippen LogP contribution < -0.4 is 14.7 Å². The van der Waals surface area contributed by atoms with Crippen molar-refractivity contribution in [2.75, 3.05) is 67.3 Å². The van der Waals surface area contributed by atoms with Crippen molar-refractivity contribution in [2.45, 2.75) is 19.9 Å². The fourth-order valence-electron chi connectivity index (χ4n) is 4.15. The molecular weight excluding hydrogens is 419 g/mol. The van der Waals surface area contributed by atoms with Crippen LogP contribution in [0, 0.1) is 5.82 Å². The summed E-state index contributed by atoms with van der Waals surface area (Å²) in [6.45, 7) is 5.15. The van der Waals surface area contributed by atoms with E-state index in [1.165, 1.54) is 10.4 Å².